The molecule has 2 aromatic carbocycles. The van der Waals surface area contributed by atoms with Gasteiger partial charge >= 0.3 is 5.97 Å². The van der Waals surface area contributed by atoms with Crippen LogP contribution in [0.3, 0.4) is 0 Å². The molecule has 26 heavy (non-hydrogen) atoms. The molecule has 1 atom stereocenters. The fourth-order valence-corrected chi connectivity index (χ4v) is 2.68. The van der Waals surface area contributed by atoms with Crippen molar-refractivity contribution in [1.82, 2.24) is 5.32 Å². The number of carbonyl (C=O) groups excluding carboxylic acids is 1. The van der Waals surface area contributed by atoms with Gasteiger partial charge in [0.2, 0.25) is 0 Å². The van der Waals surface area contributed by atoms with Gasteiger partial charge in [0.25, 0.3) is 5.91 Å². The fraction of sp³-hybridized carbons (Fsp3) is 0.250. The molecule has 6 nitrogen and oxygen atoms in total. The number of amides is 1. The Kier molecular flexibility index (Phi) is 5.97. The van der Waals surface area contributed by atoms with Crippen LogP contribution in [0.15, 0.2) is 48.5 Å². The number of carboxylic acid groups (broad SMARTS) is 1. The minimum absolute atomic E-state index is 0.266. The lowest BCUT2D eigenvalue weighted by Gasteiger charge is -2.30. The van der Waals surface area contributed by atoms with Gasteiger partial charge < -0.3 is 15.2 Å². The van der Waals surface area contributed by atoms with Crippen LogP contribution in [0.5, 0.6) is 5.75 Å². The highest BCUT2D eigenvalue weighted by atomic mass is 16.5. The van der Waals surface area contributed by atoms with Crippen LogP contribution in [0, 0.1) is 11.3 Å². The molecule has 2 N–H and O–H groups in total. The maximum Gasteiger partial charge on any atom is 0.306 e. The van der Waals surface area contributed by atoms with E-state index in [9.17, 15) is 14.7 Å². The van der Waals surface area contributed by atoms with Gasteiger partial charge in [-0.3, -0.25) is 9.59 Å². The quantitative estimate of drug-likeness (QED) is 0.798. The number of hydrogen-bond donors (Lipinski definition) is 2. The van der Waals surface area contributed by atoms with Crippen LogP contribution in [0.25, 0.3) is 0 Å². The van der Waals surface area contributed by atoms with Crippen LogP contribution in [0.2, 0.25) is 0 Å². The molecule has 2 rings (SSSR count). The molecule has 0 bridgehead atoms. The van der Waals surface area contributed by atoms with Crippen molar-refractivity contribution >= 4 is 11.9 Å². The highest BCUT2D eigenvalue weighted by Crippen LogP contribution is 2.28. The molecule has 0 radical (unpaired) electrons. The van der Waals surface area contributed by atoms with Crippen LogP contribution in [0.4, 0.5) is 0 Å². The Labute approximate surface area is 152 Å². The van der Waals surface area contributed by atoms with E-state index < -0.39 is 11.5 Å². The molecule has 0 saturated carbocycles. The molecule has 0 aromatic heterocycles. The molecule has 0 heterocycles. The lowest BCUT2D eigenvalue weighted by molar-refractivity contribution is -0.138. The lowest BCUT2D eigenvalue weighted by Crippen LogP contribution is -2.45. The summed E-state index contributed by atoms with van der Waals surface area (Å²) in [5.41, 5.74) is 0.730. The number of hydrogen-bond acceptors (Lipinski definition) is 4. The van der Waals surface area contributed by atoms with Crippen LogP contribution in [-0.2, 0) is 16.8 Å². The predicted octanol–water partition coefficient (Wildman–Crippen LogP) is 2.88. The number of nitriles is 1. The first-order valence-corrected chi connectivity index (χ1v) is 8.02. The van der Waals surface area contributed by atoms with Crippen molar-refractivity contribution in [2.45, 2.75) is 25.3 Å². The highest BCUT2D eigenvalue weighted by Gasteiger charge is 2.32. The topological polar surface area (TPSA) is 99.4 Å². The van der Waals surface area contributed by atoms with Gasteiger partial charge in [0, 0.05) is 5.56 Å². The van der Waals surface area contributed by atoms with Gasteiger partial charge in [-0.2, -0.15) is 5.26 Å². The summed E-state index contributed by atoms with van der Waals surface area (Å²) in [6, 6.07) is 15.7. The third kappa shape index (κ3) is 4.61. The number of benzene rings is 2. The number of carboxylic acids is 1. The summed E-state index contributed by atoms with van der Waals surface area (Å²) in [6.07, 6.45) is -0.0130. The Balaban J connectivity index is 2.30. The first kappa shape index (κ1) is 19.0. The minimum Gasteiger partial charge on any atom is -0.497 e. The Morgan fingerprint density at radius 3 is 2.50 bits per heavy atom. The molecule has 0 fully saturated rings. The summed E-state index contributed by atoms with van der Waals surface area (Å²) < 4.78 is 5.19. The van der Waals surface area contributed by atoms with Crippen molar-refractivity contribution in [1.29, 1.82) is 5.26 Å². The number of methoxy groups -OCH3 is 1. The van der Waals surface area contributed by atoms with E-state index >= 15 is 0 Å². The third-order valence-electron chi connectivity index (χ3n) is 4.10. The van der Waals surface area contributed by atoms with Crippen molar-refractivity contribution in [2.24, 2.45) is 0 Å². The molecule has 134 valence electrons. The average Bonchev–Trinajstić information content (AvgIpc) is 2.62. The van der Waals surface area contributed by atoms with Gasteiger partial charge in [-0.1, -0.05) is 24.3 Å². The second-order valence-corrected chi connectivity index (χ2v) is 6.12. The van der Waals surface area contributed by atoms with Crippen molar-refractivity contribution in [3.63, 3.8) is 0 Å². The van der Waals surface area contributed by atoms with E-state index in [1.165, 1.54) is 7.11 Å². The van der Waals surface area contributed by atoms with Crippen molar-refractivity contribution < 1.29 is 19.4 Å². The SMILES string of the molecule is COc1cccc(C(C)(CC(=O)O)NC(=O)c2ccc(CC#N)cc2)c1. The number of aliphatic carboxylic acids is 1. The van der Waals surface area contributed by atoms with Crippen molar-refractivity contribution in [2.75, 3.05) is 7.11 Å². The van der Waals surface area contributed by atoms with Gasteiger partial charge in [0.15, 0.2) is 0 Å². The van der Waals surface area contributed by atoms with E-state index in [1.54, 1.807) is 55.5 Å². The Hall–Kier alpha value is -3.33. The number of nitrogens with zero attached hydrogens (tertiary/aromatic N) is 1. The maximum atomic E-state index is 12.6. The Morgan fingerprint density at radius 2 is 1.92 bits per heavy atom. The van der Waals surface area contributed by atoms with E-state index in [4.69, 9.17) is 10.00 Å². The smallest absolute Gasteiger partial charge is 0.306 e. The molecular formula is C20H20N2O4. The van der Waals surface area contributed by atoms with E-state index in [0.29, 0.717) is 16.9 Å². The largest absolute Gasteiger partial charge is 0.497 e. The molecule has 2 aromatic rings. The summed E-state index contributed by atoms with van der Waals surface area (Å²) in [6.45, 7) is 1.66. The van der Waals surface area contributed by atoms with Gasteiger partial charge in [0.05, 0.1) is 31.6 Å². The maximum absolute atomic E-state index is 12.6. The molecular weight excluding hydrogens is 332 g/mol. The van der Waals surface area contributed by atoms with Crippen LogP contribution < -0.4 is 10.1 Å². The van der Waals surface area contributed by atoms with E-state index in [2.05, 4.69) is 5.32 Å². The summed E-state index contributed by atoms with van der Waals surface area (Å²) in [5, 5.41) is 20.8. The standard InChI is InChI=1S/C20H20N2O4/c1-20(13-18(23)24,16-4-3-5-17(12-16)26-2)22-19(25)15-8-6-14(7-9-15)10-11-21/h3-9,12H,10,13H2,1-2H3,(H,22,25)(H,23,24). The molecule has 1 unspecified atom stereocenters. The summed E-state index contributed by atoms with van der Waals surface area (Å²) >= 11 is 0. The predicted molar refractivity (Wildman–Crippen MR) is 95.8 cm³/mol. The third-order valence-corrected chi connectivity index (χ3v) is 4.10. The van der Waals surface area contributed by atoms with E-state index in [0.717, 1.165) is 5.56 Å². The van der Waals surface area contributed by atoms with Gasteiger partial charge in [-0.15, -0.1) is 0 Å². The summed E-state index contributed by atoms with van der Waals surface area (Å²) in [4.78, 5) is 24.0. The zero-order valence-electron chi connectivity index (χ0n) is 14.7. The van der Waals surface area contributed by atoms with Crippen LogP contribution >= 0.6 is 0 Å². The Morgan fingerprint density at radius 1 is 1.23 bits per heavy atom. The average molecular weight is 352 g/mol. The van der Waals surface area contributed by atoms with E-state index in [1.807, 2.05) is 6.07 Å². The lowest BCUT2D eigenvalue weighted by atomic mass is 9.88. The molecule has 0 aliphatic heterocycles. The highest BCUT2D eigenvalue weighted by molar-refractivity contribution is 5.95. The molecule has 6 heteroatoms. The first-order chi connectivity index (χ1) is 12.4. The Bertz CT molecular complexity index is 840. The second kappa shape index (κ2) is 8.17. The number of carbonyl (C=O) groups is 2. The summed E-state index contributed by atoms with van der Waals surface area (Å²) in [5.74, 6) is -0.839. The van der Waals surface area contributed by atoms with Crippen molar-refractivity contribution in [3.8, 4) is 11.8 Å². The van der Waals surface area contributed by atoms with Gasteiger partial charge in [0.1, 0.15) is 5.75 Å². The molecule has 1 amide bonds. The van der Waals surface area contributed by atoms with Gasteiger partial charge in [-0.05, 0) is 42.3 Å². The monoisotopic (exact) mass is 352 g/mol. The normalized spacial score (nSPS) is 12.5. The number of rotatable bonds is 7. The zero-order chi connectivity index (χ0) is 19.2. The van der Waals surface area contributed by atoms with Crippen LogP contribution in [0.1, 0.15) is 34.8 Å². The summed E-state index contributed by atoms with van der Waals surface area (Å²) in [7, 11) is 1.52. The number of ether oxygens (including phenoxy) is 1. The molecule has 0 spiro atoms. The van der Waals surface area contributed by atoms with Gasteiger partial charge in [-0.25, -0.2) is 0 Å². The number of nitrogens with one attached hydrogen (secondary N) is 1. The van der Waals surface area contributed by atoms with E-state index in [-0.39, 0.29) is 18.7 Å². The van der Waals surface area contributed by atoms with Crippen LogP contribution in [-0.4, -0.2) is 24.1 Å². The minimum atomic E-state index is -1.11. The molecule has 0 aliphatic rings. The molecule has 0 aliphatic carbocycles. The fourth-order valence-electron chi connectivity index (χ4n) is 2.68. The zero-order valence-corrected chi connectivity index (χ0v) is 14.7. The molecule has 0 saturated heterocycles. The van der Waals surface area contributed by atoms with Crippen molar-refractivity contribution in [3.05, 3.63) is 65.2 Å². The first-order valence-electron chi connectivity index (χ1n) is 8.02. The second-order valence-electron chi connectivity index (χ2n) is 6.12.